The van der Waals surface area contributed by atoms with Crippen LogP contribution in [0.5, 0.6) is 0 Å². The molecule has 0 saturated carbocycles. The average Bonchev–Trinajstić information content (AvgIpc) is 3.19. The minimum Gasteiger partial charge on any atom is -0.480 e. The highest BCUT2D eigenvalue weighted by atomic mass is 31.2. The summed E-state index contributed by atoms with van der Waals surface area (Å²) in [5.74, 6) is -1.77. The van der Waals surface area contributed by atoms with Crippen molar-refractivity contribution in [1.82, 2.24) is 0 Å². The van der Waals surface area contributed by atoms with Gasteiger partial charge in [0.2, 0.25) is 0 Å². The largest absolute Gasteiger partial charge is 0.480 e. The Morgan fingerprint density at radius 1 is 0.561 bits per heavy atom. The van der Waals surface area contributed by atoms with Crippen molar-refractivity contribution >= 4 is 19.8 Å². The number of phosphoric acid groups is 1. The summed E-state index contributed by atoms with van der Waals surface area (Å²) in [6.07, 6.45) is 46.6. The molecular weight excluding hydrogens is 741 g/mol. The third-order valence-corrected chi connectivity index (χ3v) is 11.2. The Kier molecular flexibility index (Phi) is 41.4. The molecule has 10 nitrogen and oxygen atoms in total. The van der Waals surface area contributed by atoms with Gasteiger partial charge < -0.3 is 25.2 Å². The van der Waals surface area contributed by atoms with Crippen LogP contribution in [-0.2, 0) is 32.7 Å². The van der Waals surface area contributed by atoms with E-state index in [0.717, 1.165) is 44.9 Å². The summed E-state index contributed by atoms with van der Waals surface area (Å²) in [6.45, 7) is 3.85. The molecule has 0 aromatic rings. The van der Waals surface area contributed by atoms with Gasteiger partial charge in [0.05, 0.1) is 19.8 Å². The van der Waals surface area contributed by atoms with Gasteiger partial charge in [-0.25, -0.2) is 4.57 Å². The second-order valence-corrected chi connectivity index (χ2v) is 17.3. The van der Waals surface area contributed by atoms with Crippen molar-refractivity contribution in [2.24, 2.45) is 5.73 Å². The van der Waals surface area contributed by atoms with Gasteiger partial charge in [0, 0.05) is 13.0 Å². The van der Waals surface area contributed by atoms with Crippen molar-refractivity contribution < 1.29 is 42.7 Å². The van der Waals surface area contributed by atoms with Crippen LogP contribution in [0.15, 0.2) is 24.3 Å². The molecule has 4 N–H and O–H groups in total. The highest BCUT2D eigenvalue weighted by Crippen LogP contribution is 2.43. The predicted octanol–water partition coefficient (Wildman–Crippen LogP) is 13.1. The fourth-order valence-electron chi connectivity index (χ4n) is 6.56. The molecule has 0 amide bonds. The molecule has 0 bridgehead atoms. The SMILES string of the molecule is CCCC/C=C\C/C=C\CCCCCCCCOCC(COP(=O)(O)OCC(N)C(=O)O)OC(=O)CCCCCCCCCCCCCCCCCCCCCC. The number of carbonyl (C=O) groups is 2. The number of aliphatic carboxylic acids is 1. The molecule has 0 fully saturated rings. The maximum atomic E-state index is 12.7. The first-order valence-corrected chi connectivity index (χ1v) is 24.9. The number of ether oxygens (including phenoxy) is 2. The highest BCUT2D eigenvalue weighted by molar-refractivity contribution is 7.47. The number of esters is 1. The summed E-state index contributed by atoms with van der Waals surface area (Å²) < 4.78 is 33.4. The Hall–Kier alpha value is -1.55. The second kappa shape index (κ2) is 42.6. The third kappa shape index (κ3) is 42.4. The molecule has 11 heteroatoms. The van der Waals surface area contributed by atoms with Crippen LogP contribution in [0.1, 0.15) is 219 Å². The van der Waals surface area contributed by atoms with E-state index in [2.05, 4.69) is 38.2 Å². The number of rotatable bonds is 45. The van der Waals surface area contributed by atoms with Crippen LogP contribution in [0, 0.1) is 0 Å². The summed E-state index contributed by atoms with van der Waals surface area (Å²) in [4.78, 5) is 33.6. The highest BCUT2D eigenvalue weighted by Gasteiger charge is 2.27. The van der Waals surface area contributed by atoms with E-state index in [1.807, 2.05) is 0 Å². The maximum absolute atomic E-state index is 12.7. The fourth-order valence-corrected chi connectivity index (χ4v) is 7.34. The maximum Gasteiger partial charge on any atom is 0.472 e. The normalized spacial score (nSPS) is 14.0. The van der Waals surface area contributed by atoms with Gasteiger partial charge in [-0.15, -0.1) is 0 Å². The lowest BCUT2D eigenvalue weighted by Gasteiger charge is -2.20. The van der Waals surface area contributed by atoms with E-state index in [1.54, 1.807) is 0 Å². The standard InChI is InChI=1S/C46H88NO9P/c1-3-5-7-9-11-13-15-17-19-20-21-22-23-24-26-28-30-32-34-36-38-45(48)56-43(41-54-57(51,52)55-42-44(47)46(49)50)40-53-39-37-35-33-31-29-27-25-18-16-14-12-10-8-6-4-2/h10,12,16,18,43-44H,3-9,11,13-15,17,19-42,47H2,1-2H3,(H,49,50)(H,51,52)/b12-10-,18-16-. The fraction of sp³-hybridized carbons (Fsp3) is 0.870. The molecular formula is C46H88NO9P. The predicted molar refractivity (Wildman–Crippen MR) is 235 cm³/mol. The van der Waals surface area contributed by atoms with E-state index in [0.29, 0.717) is 13.0 Å². The summed E-state index contributed by atoms with van der Waals surface area (Å²) in [5.41, 5.74) is 5.36. The minimum atomic E-state index is -4.62. The monoisotopic (exact) mass is 830 g/mol. The zero-order chi connectivity index (χ0) is 41.9. The van der Waals surface area contributed by atoms with Crippen molar-refractivity contribution in [3.05, 3.63) is 24.3 Å². The first-order chi connectivity index (χ1) is 27.7. The van der Waals surface area contributed by atoms with E-state index >= 15 is 0 Å². The van der Waals surface area contributed by atoms with Crippen LogP contribution in [0.4, 0.5) is 0 Å². The second-order valence-electron chi connectivity index (χ2n) is 15.9. The molecule has 0 rings (SSSR count). The van der Waals surface area contributed by atoms with Gasteiger partial charge >= 0.3 is 19.8 Å². The zero-order valence-corrected chi connectivity index (χ0v) is 37.6. The number of carbonyl (C=O) groups excluding carboxylic acids is 1. The molecule has 0 radical (unpaired) electrons. The number of hydrogen-bond acceptors (Lipinski definition) is 8. The molecule has 3 atom stereocenters. The van der Waals surface area contributed by atoms with Gasteiger partial charge in [-0.2, -0.15) is 0 Å². The molecule has 0 spiro atoms. The molecule has 0 aromatic heterocycles. The van der Waals surface area contributed by atoms with E-state index < -0.39 is 45.1 Å². The van der Waals surface area contributed by atoms with Gasteiger partial charge in [-0.1, -0.05) is 199 Å². The van der Waals surface area contributed by atoms with Crippen LogP contribution in [0.25, 0.3) is 0 Å². The summed E-state index contributed by atoms with van der Waals surface area (Å²) in [7, 11) is -4.62. The average molecular weight is 830 g/mol. The molecule has 3 unspecified atom stereocenters. The van der Waals surface area contributed by atoms with E-state index in [9.17, 15) is 19.0 Å². The Bertz CT molecular complexity index is 1010. The Balaban J connectivity index is 4.16. The van der Waals surface area contributed by atoms with Crippen molar-refractivity contribution in [2.45, 2.75) is 231 Å². The smallest absolute Gasteiger partial charge is 0.472 e. The molecule has 0 saturated heterocycles. The molecule has 0 aliphatic carbocycles. The molecule has 336 valence electrons. The summed E-state index contributed by atoms with van der Waals surface area (Å²) in [5, 5.41) is 8.90. The first kappa shape index (κ1) is 55.5. The Morgan fingerprint density at radius 2 is 0.982 bits per heavy atom. The lowest BCUT2D eigenvalue weighted by molar-refractivity contribution is -0.154. The number of allylic oxidation sites excluding steroid dienone is 4. The lowest BCUT2D eigenvalue weighted by Crippen LogP contribution is -2.34. The van der Waals surface area contributed by atoms with Crippen molar-refractivity contribution in [3.8, 4) is 0 Å². The van der Waals surface area contributed by atoms with E-state index in [1.165, 1.54) is 148 Å². The number of carboxylic acids is 1. The first-order valence-electron chi connectivity index (χ1n) is 23.4. The topological polar surface area (TPSA) is 155 Å². The molecule has 57 heavy (non-hydrogen) atoms. The lowest BCUT2D eigenvalue weighted by atomic mass is 10.0. The van der Waals surface area contributed by atoms with Crippen LogP contribution in [-0.4, -0.2) is 60.5 Å². The van der Waals surface area contributed by atoms with E-state index in [-0.39, 0.29) is 13.0 Å². The van der Waals surface area contributed by atoms with Crippen LogP contribution in [0.2, 0.25) is 0 Å². The van der Waals surface area contributed by atoms with Crippen molar-refractivity contribution in [2.75, 3.05) is 26.4 Å². The number of unbranched alkanes of at least 4 members (excludes halogenated alkanes) is 27. The minimum absolute atomic E-state index is 0.0137. The third-order valence-electron chi connectivity index (χ3n) is 10.2. The number of hydrogen-bond donors (Lipinski definition) is 3. The van der Waals surface area contributed by atoms with E-state index in [4.69, 9.17) is 29.4 Å². The number of nitrogens with two attached hydrogens (primary N) is 1. The van der Waals surface area contributed by atoms with Crippen LogP contribution >= 0.6 is 7.82 Å². The van der Waals surface area contributed by atoms with Crippen molar-refractivity contribution in [1.29, 1.82) is 0 Å². The van der Waals surface area contributed by atoms with Gasteiger partial charge in [-0.3, -0.25) is 18.6 Å². The van der Waals surface area contributed by atoms with Gasteiger partial charge in [0.15, 0.2) is 0 Å². The van der Waals surface area contributed by atoms with Crippen molar-refractivity contribution in [3.63, 3.8) is 0 Å². The number of phosphoric ester groups is 1. The molecule has 0 aliphatic heterocycles. The molecule has 0 aliphatic rings. The quantitative estimate of drug-likeness (QED) is 0.0234. The Morgan fingerprint density at radius 3 is 1.47 bits per heavy atom. The van der Waals surface area contributed by atoms with Gasteiger partial charge in [0.25, 0.3) is 0 Å². The summed E-state index contributed by atoms with van der Waals surface area (Å²) >= 11 is 0. The summed E-state index contributed by atoms with van der Waals surface area (Å²) in [6, 6.07) is -1.47. The van der Waals surface area contributed by atoms with Crippen LogP contribution in [0.3, 0.4) is 0 Å². The van der Waals surface area contributed by atoms with Crippen LogP contribution < -0.4 is 5.73 Å². The molecule has 0 heterocycles. The Labute approximate surface area is 349 Å². The molecule has 0 aromatic carbocycles. The van der Waals surface area contributed by atoms with Gasteiger partial charge in [-0.05, 0) is 38.5 Å². The zero-order valence-electron chi connectivity index (χ0n) is 36.7. The van der Waals surface area contributed by atoms with Gasteiger partial charge in [0.1, 0.15) is 12.1 Å². The number of carboxylic acid groups (broad SMARTS) is 1.